The molecule has 0 saturated carbocycles. The van der Waals surface area contributed by atoms with Crippen molar-refractivity contribution in [2.24, 2.45) is 0 Å². The van der Waals surface area contributed by atoms with Crippen molar-refractivity contribution >= 4 is 27.5 Å². The molecule has 0 atom stereocenters. The van der Waals surface area contributed by atoms with E-state index in [1.54, 1.807) is 6.92 Å². The first-order valence-corrected chi connectivity index (χ1v) is 8.77. The molecule has 2 aromatic heterocycles. The van der Waals surface area contributed by atoms with Crippen molar-refractivity contribution in [2.45, 2.75) is 20.8 Å². The lowest BCUT2D eigenvalue weighted by Crippen LogP contribution is -2.03. The molecular formula is C18H18N2O4S. The molecule has 6 nitrogen and oxygen atoms in total. The molecule has 0 bridgehead atoms. The van der Waals surface area contributed by atoms with E-state index in [0.717, 1.165) is 16.7 Å². The molecule has 2 heterocycles. The Morgan fingerprint density at radius 1 is 1.08 bits per heavy atom. The zero-order valence-corrected chi connectivity index (χ0v) is 15.1. The number of nitrogens with zero attached hydrogens (tertiary/aromatic N) is 2. The number of thiophene rings is 1. The second-order valence-electron chi connectivity index (χ2n) is 5.14. The number of carbonyl (C=O) groups is 1. The van der Waals surface area contributed by atoms with Gasteiger partial charge in [-0.15, -0.1) is 11.3 Å². The summed E-state index contributed by atoms with van der Waals surface area (Å²) in [6, 6.07) is 7.29. The zero-order chi connectivity index (χ0) is 17.8. The van der Waals surface area contributed by atoms with Gasteiger partial charge in [0, 0.05) is 0 Å². The third-order valence-electron chi connectivity index (χ3n) is 3.50. The van der Waals surface area contributed by atoms with E-state index in [4.69, 9.17) is 14.2 Å². The Morgan fingerprint density at radius 2 is 1.80 bits per heavy atom. The fraction of sp³-hybridized carbons (Fsp3) is 0.278. The lowest BCUT2D eigenvalue weighted by molar-refractivity contribution is 0.0531. The van der Waals surface area contributed by atoms with Crippen LogP contribution >= 0.6 is 11.3 Å². The lowest BCUT2D eigenvalue weighted by atomic mass is 10.2. The molecule has 0 N–H and O–H groups in total. The number of carbonyl (C=O) groups excluding carboxylic acids is 1. The fourth-order valence-electron chi connectivity index (χ4n) is 2.39. The van der Waals surface area contributed by atoms with Crippen LogP contribution in [-0.4, -0.2) is 29.2 Å². The average molecular weight is 358 g/mol. The molecular weight excluding hydrogens is 340 g/mol. The number of benzene rings is 1. The highest BCUT2D eigenvalue weighted by Crippen LogP contribution is 2.36. The molecule has 25 heavy (non-hydrogen) atoms. The van der Waals surface area contributed by atoms with Gasteiger partial charge in [0.1, 0.15) is 27.5 Å². The predicted molar refractivity (Wildman–Crippen MR) is 95.8 cm³/mol. The van der Waals surface area contributed by atoms with Crippen molar-refractivity contribution in [2.75, 3.05) is 13.2 Å². The summed E-state index contributed by atoms with van der Waals surface area (Å²) in [4.78, 5) is 21.8. The second kappa shape index (κ2) is 7.48. The van der Waals surface area contributed by atoms with Crippen LogP contribution in [0.15, 0.2) is 30.6 Å². The van der Waals surface area contributed by atoms with E-state index in [-0.39, 0.29) is 5.97 Å². The summed E-state index contributed by atoms with van der Waals surface area (Å²) in [5, 5.41) is 0.726. The molecule has 0 aliphatic heterocycles. The summed E-state index contributed by atoms with van der Waals surface area (Å²) in [7, 11) is 0. The Hall–Kier alpha value is -2.67. The van der Waals surface area contributed by atoms with E-state index in [9.17, 15) is 4.79 Å². The largest absolute Gasteiger partial charge is 0.494 e. The number of aromatic nitrogens is 2. The number of ether oxygens (including phenoxy) is 3. The third-order valence-corrected chi connectivity index (χ3v) is 4.68. The molecule has 7 heteroatoms. The van der Waals surface area contributed by atoms with Gasteiger partial charge in [-0.05, 0) is 50.6 Å². The molecule has 3 aromatic rings. The van der Waals surface area contributed by atoms with Gasteiger partial charge in [-0.2, -0.15) is 0 Å². The zero-order valence-electron chi connectivity index (χ0n) is 14.2. The van der Waals surface area contributed by atoms with Crippen LogP contribution in [0.5, 0.6) is 17.4 Å². The highest BCUT2D eigenvalue weighted by molar-refractivity contribution is 7.20. The van der Waals surface area contributed by atoms with Crippen LogP contribution in [0.1, 0.15) is 29.1 Å². The SMILES string of the molecule is CCOC(=O)c1sc2ncnc(Oc3ccc(OCC)cc3)c2c1C. The average Bonchev–Trinajstić information content (AvgIpc) is 2.95. The van der Waals surface area contributed by atoms with Gasteiger partial charge >= 0.3 is 5.97 Å². The standard InChI is InChI=1S/C18H18N2O4S/c1-4-22-12-6-8-13(9-7-12)24-16-14-11(3)15(18(21)23-5-2)25-17(14)20-10-19-16/h6-10H,4-5H2,1-3H3. The molecule has 3 rings (SSSR count). The van der Waals surface area contributed by atoms with Crippen molar-refractivity contribution in [1.29, 1.82) is 0 Å². The highest BCUT2D eigenvalue weighted by Gasteiger charge is 2.21. The van der Waals surface area contributed by atoms with Gasteiger partial charge in [0.15, 0.2) is 0 Å². The van der Waals surface area contributed by atoms with E-state index in [1.165, 1.54) is 17.7 Å². The van der Waals surface area contributed by atoms with Crippen LogP contribution in [-0.2, 0) is 4.74 Å². The summed E-state index contributed by atoms with van der Waals surface area (Å²) in [6.07, 6.45) is 1.43. The van der Waals surface area contributed by atoms with Crippen LogP contribution in [0.4, 0.5) is 0 Å². The first kappa shape index (κ1) is 17.2. The maximum absolute atomic E-state index is 12.1. The van der Waals surface area contributed by atoms with Crippen molar-refractivity contribution < 1.29 is 19.0 Å². The predicted octanol–water partition coefficient (Wildman–Crippen LogP) is 4.37. The molecule has 0 saturated heterocycles. The number of hydrogen-bond acceptors (Lipinski definition) is 7. The molecule has 130 valence electrons. The maximum atomic E-state index is 12.1. The Labute approximate surface area is 149 Å². The number of aryl methyl sites for hydroxylation is 1. The normalized spacial score (nSPS) is 10.7. The minimum Gasteiger partial charge on any atom is -0.494 e. The Bertz CT molecular complexity index is 890. The number of rotatable bonds is 6. The van der Waals surface area contributed by atoms with E-state index in [1.807, 2.05) is 38.1 Å². The summed E-state index contributed by atoms with van der Waals surface area (Å²) in [5.74, 6) is 1.47. The molecule has 1 aromatic carbocycles. The van der Waals surface area contributed by atoms with Crippen LogP contribution in [0.25, 0.3) is 10.2 Å². The molecule has 0 spiro atoms. The smallest absolute Gasteiger partial charge is 0.348 e. The first-order valence-electron chi connectivity index (χ1n) is 7.96. The quantitative estimate of drug-likeness (QED) is 0.610. The molecule has 0 unspecified atom stereocenters. The third kappa shape index (κ3) is 3.56. The fourth-order valence-corrected chi connectivity index (χ4v) is 3.42. The van der Waals surface area contributed by atoms with Gasteiger partial charge in [0.2, 0.25) is 5.88 Å². The number of fused-ring (bicyclic) bond motifs is 1. The van der Waals surface area contributed by atoms with Gasteiger partial charge in [-0.25, -0.2) is 14.8 Å². The van der Waals surface area contributed by atoms with Gasteiger partial charge in [0.05, 0.1) is 18.6 Å². The van der Waals surface area contributed by atoms with Crippen LogP contribution < -0.4 is 9.47 Å². The van der Waals surface area contributed by atoms with Crippen molar-refractivity contribution in [3.63, 3.8) is 0 Å². The molecule has 0 aliphatic carbocycles. The molecule has 0 amide bonds. The monoisotopic (exact) mass is 358 g/mol. The van der Waals surface area contributed by atoms with Crippen LogP contribution in [0.3, 0.4) is 0 Å². The van der Waals surface area contributed by atoms with Crippen LogP contribution in [0.2, 0.25) is 0 Å². The van der Waals surface area contributed by atoms with Crippen molar-refractivity contribution in [1.82, 2.24) is 9.97 Å². The van der Waals surface area contributed by atoms with Gasteiger partial charge in [0.25, 0.3) is 0 Å². The minimum absolute atomic E-state index is 0.327. The van der Waals surface area contributed by atoms with Crippen LogP contribution in [0, 0.1) is 6.92 Å². The topological polar surface area (TPSA) is 70.5 Å². The Balaban J connectivity index is 1.95. The first-order chi connectivity index (χ1) is 12.1. The molecule has 0 fully saturated rings. The molecule has 0 radical (unpaired) electrons. The van der Waals surface area contributed by atoms with E-state index < -0.39 is 0 Å². The highest BCUT2D eigenvalue weighted by atomic mass is 32.1. The van der Waals surface area contributed by atoms with Gasteiger partial charge in [-0.1, -0.05) is 0 Å². The summed E-state index contributed by atoms with van der Waals surface area (Å²) in [6.45, 7) is 6.49. The van der Waals surface area contributed by atoms with Gasteiger partial charge in [-0.3, -0.25) is 0 Å². The Kier molecular flexibility index (Phi) is 5.14. The van der Waals surface area contributed by atoms with Crippen molar-refractivity contribution in [3.8, 4) is 17.4 Å². The number of esters is 1. The van der Waals surface area contributed by atoms with E-state index in [2.05, 4.69) is 9.97 Å². The number of hydrogen-bond donors (Lipinski definition) is 0. The van der Waals surface area contributed by atoms with Crippen molar-refractivity contribution in [3.05, 3.63) is 41.0 Å². The van der Waals surface area contributed by atoms with E-state index in [0.29, 0.717) is 34.6 Å². The minimum atomic E-state index is -0.352. The summed E-state index contributed by atoms with van der Waals surface area (Å²) < 4.78 is 16.4. The lowest BCUT2D eigenvalue weighted by Gasteiger charge is -2.08. The summed E-state index contributed by atoms with van der Waals surface area (Å²) in [5.41, 5.74) is 0.764. The Morgan fingerprint density at radius 3 is 2.48 bits per heavy atom. The van der Waals surface area contributed by atoms with Gasteiger partial charge < -0.3 is 14.2 Å². The second-order valence-corrected chi connectivity index (χ2v) is 6.14. The van der Waals surface area contributed by atoms with E-state index >= 15 is 0 Å². The summed E-state index contributed by atoms with van der Waals surface area (Å²) >= 11 is 1.28. The molecule has 0 aliphatic rings. The maximum Gasteiger partial charge on any atom is 0.348 e.